The Balaban J connectivity index is 1.14. The van der Waals surface area contributed by atoms with Crippen LogP contribution < -0.4 is 0 Å². The molecule has 3 aliphatic carbocycles. The van der Waals surface area contributed by atoms with E-state index >= 15 is 0 Å². The second kappa shape index (κ2) is 9.59. The zero-order valence-corrected chi connectivity index (χ0v) is 21.0. The molecule has 5 atom stereocenters. The Hall–Kier alpha value is -1.97. The lowest BCUT2D eigenvalue weighted by atomic mass is 9.67. The van der Waals surface area contributed by atoms with Gasteiger partial charge in [0.15, 0.2) is 0 Å². The molecule has 0 amide bonds. The Morgan fingerprint density at radius 1 is 1.21 bits per heavy atom. The van der Waals surface area contributed by atoms with Gasteiger partial charge >= 0.3 is 0 Å². The van der Waals surface area contributed by atoms with E-state index in [2.05, 4.69) is 61.2 Å². The van der Waals surface area contributed by atoms with Gasteiger partial charge in [0.1, 0.15) is 6.29 Å². The van der Waals surface area contributed by atoms with Crippen LogP contribution in [0.5, 0.6) is 0 Å². The van der Waals surface area contributed by atoms with Crippen molar-refractivity contribution < 1.29 is 9.90 Å². The number of aldehydes is 1. The molecule has 0 radical (unpaired) electrons. The highest BCUT2D eigenvalue weighted by molar-refractivity contribution is 5.74. The van der Waals surface area contributed by atoms with Gasteiger partial charge in [-0.3, -0.25) is 4.79 Å². The Morgan fingerprint density at radius 3 is 2.82 bits per heavy atom. The molecular formula is C31H41NO2. The number of hydrogen-bond acceptors (Lipinski definition) is 3. The summed E-state index contributed by atoms with van der Waals surface area (Å²) in [4.78, 5) is 13.6. The van der Waals surface area contributed by atoms with Crippen LogP contribution in [0.3, 0.4) is 0 Å². The largest absolute Gasteiger partial charge is 0.393 e. The lowest BCUT2D eigenvalue weighted by Gasteiger charge is -2.47. The fourth-order valence-electron chi connectivity index (χ4n) is 7.28. The van der Waals surface area contributed by atoms with Crippen LogP contribution in [0.4, 0.5) is 0 Å². The monoisotopic (exact) mass is 459 g/mol. The summed E-state index contributed by atoms with van der Waals surface area (Å²) in [6, 6.07) is 9.55. The van der Waals surface area contributed by atoms with Crippen molar-refractivity contribution in [3.63, 3.8) is 0 Å². The van der Waals surface area contributed by atoms with Crippen molar-refractivity contribution in [1.82, 2.24) is 4.90 Å². The zero-order valence-electron chi connectivity index (χ0n) is 21.0. The third kappa shape index (κ3) is 4.38. The number of hydrogen-bond donors (Lipinski definition) is 1. The highest BCUT2D eigenvalue weighted by atomic mass is 16.3. The van der Waals surface area contributed by atoms with Crippen LogP contribution in [0.2, 0.25) is 0 Å². The number of benzene rings is 1. The number of piperidine rings is 1. The van der Waals surface area contributed by atoms with E-state index in [1.807, 2.05) is 6.08 Å². The number of carbonyl (C=O) groups excluding carboxylic acids is 1. The molecule has 0 bridgehead atoms. The molecule has 1 saturated heterocycles. The maximum Gasteiger partial charge on any atom is 0.146 e. The molecular weight excluding hydrogens is 418 g/mol. The number of rotatable bonds is 7. The van der Waals surface area contributed by atoms with E-state index in [0.717, 1.165) is 69.9 Å². The molecule has 182 valence electrons. The summed E-state index contributed by atoms with van der Waals surface area (Å²) < 4.78 is 0. The molecule has 1 aliphatic heterocycles. The minimum absolute atomic E-state index is 0.0361. The third-order valence-electron chi connectivity index (χ3n) is 9.69. The average Bonchev–Trinajstić information content (AvgIpc) is 3.44. The van der Waals surface area contributed by atoms with Gasteiger partial charge in [0.25, 0.3) is 0 Å². The van der Waals surface area contributed by atoms with E-state index in [9.17, 15) is 9.90 Å². The van der Waals surface area contributed by atoms with Gasteiger partial charge in [-0.25, -0.2) is 0 Å². The summed E-state index contributed by atoms with van der Waals surface area (Å²) in [5.74, 6) is 0.607. The van der Waals surface area contributed by atoms with Crippen LogP contribution in [0.25, 0.3) is 6.08 Å². The van der Waals surface area contributed by atoms with E-state index in [-0.39, 0.29) is 16.9 Å². The number of nitrogens with zero attached hydrogens (tertiary/aromatic N) is 1. The smallest absolute Gasteiger partial charge is 0.146 e. The number of fused-ring (bicyclic) bond motifs is 2. The molecule has 2 fully saturated rings. The van der Waals surface area contributed by atoms with Crippen molar-refractivity contribution in [2.45, 2.75) is 89.2 Å². The lowest BCUT2D eigenvalue weighted by Crippen LogP contribution is -2.50. The zero-order chi connectivity index (χ0) is 23.8. The van der Waals surface area contributed by atoms with Crippen molar-refractivity contribution in [3.05, 3.63) is 64.8 Å². The van der Waals surface area contributed by atoms with Gasteiger partial charge in [-0.05, 0) is 92.4 Å². The molecule has 3 heteroatoms. The maximum absolute atomic E-state index is 11.2. The normalized spacial score (nSPS) is 34.1. The topological polar surface area (TPSA) is 40.5 Å². The average molecular weight is 460 g/mol. The van der Waals surface area contributed by atoms with Crippen LogP contribution in [-0.2, 0) is 10.2 Å². The van der Waals surface area contributed by atoms with Gasteiger partial charge in [-0.1, -0.05) is 68.0 Å². The van der Waals surface area contributed by atoms with Gasteiger partial charge in [-0.15, -0.1) is 0 Å². The molecule has 0 aromatic heterocycles. The second-order valence-corrected chi connectivity index (χ2v) is 11.7. The second-order valence-electron chi connectivity index (χ2n) is 11.7. The van der Waals surface area contributed by atoms with Crippen molar-refractivity contribution in [2.24, 2.45) is 11.3 Å². The van der Waals surface area contributed by atoms with Crippen molar-refractivity contribution >= 4 is 12.4 Å². The Bertz CT molecular complexity index is 1010. The molecule has 34 heavy (non-hydrogen) atoms. The molecule has 1 N–H and O–H groups in total. The molecule has 1 aromatic rings. The maximum atomic E-state index is 11.2. The van der Waals surface area contributed by atoms with Crippen LogP contribution in [0, 0.1) is 11.3 Å². The van der Waals surface area contributed by atoms with Gasteiger partial charge in [-0.2, -0.15) is 0 Å². The minimum atomic E-state index is -0.221. The van der Waals surface area contributed by atoms with Crippen LogP contribution >= 0.6 is 0 Å². The van der Waals surface area contributed by atoms with Crippen LogP contribution in [0.1, 0.15) is 82.8 Å². The number of carbonyl (C=O) groups is 1. The number of allylic oxidation sites excluding steroid dienone is 5. The lowest BCUT2D eigenvalue weighted by molar-refractivity contribution is -0.105. The molecule has 4 aliphatic rings. The Morgan fingerprint density at radius 2 is 2.06 bits per heavy atom. The Kier molecular flexibility index (Phi) is 6.70. The van der Waals surface area contributed by atoms with E-state index in [1.165, 1.54) is 29.5 Å². The molecule has 1 saturated carbocycles. The molecule has 1 aromatic carbocycles. The number of aliphatic hydroxyl groups is 1. The first-order valence-electron chi connectivity index (χ1n) is 13.5. The van der Waals surface area contributed by atoms with Gasteiger partial charge in [0.05, 0.1) is 6.10 Å². The predicted octanol–water partition coefficient (Wildman–Crippen LogP) is 6.23. The molecule has 1 spiro atoms. The summed E-state index contributed by atoms with van der Waals surface area (Å²) in [6.45, 7) is 7.07. The summed E-state index contributed by atoms with van der Waals surface area (Å²) in [5, 5.41) is 11.2. The molecule has 3 unspecified atom stereocenters. The molecule has 1 heterocycles. The van der Waals surface area contributed by atoms with E-state index in [1.54, 1.807) is 0 Å². The summed E-state index contributed by atoms with van der Waals surface area (Å²) in [7, 11) is 0. The quantitative estimate of drug-likeness (QED) is 0.492. The first kappa shape index (κ1) is 23.8. The molecule has 5 rings (SSSR count). The van der Waals surface area contributed by atoms with E-state index in [4.69, 9.17) is 0 Å². The predicted molar refractivity (Wildman–Crippen MR) is 140 cm³/mol. The van der Waals surface area contributed by atoms with Crippen LogP contribution in [-0.4, -0.2) is 41.5 Å². The standard InChI is InChI=1S/C31H41NO2/c1-23-21-32(19-18-31(23)17-14-26-7-3-4-8-28(26)31)27-15-16-30(2,20-27)29(34)9-5-6-24-10-12-25(22-33)13-11-24/h3-4,7-8,10,12,14,17,22-23,27,29,34H,5-6,9,11,13,15-16,18-21H2,1-2H3/t23-,27?,29?,30?,31-/m0/s1. The van der Waals surface area contributed by atoms with Gasteiger partial charge < -0.3 is 10.0 Å². The fraction of sp³-hybridized carbons (Fsp3) is 0.581. The Labute approximate surface area is 205 Å². The summed E-state index contributed by atoms with van der Waals surface area (Å²) in [5.41, 5.74) is 5.51. The van der Waals surface area contributed by atoms with Crippen LogP contribution in [0.15, 0.2) is 53.6 Å². The first-order chi connectivity index (χ1) is 16.4. The van der Waals surface area contributed by atoms with Crippen molar-refractivity contribution in [1.29, 1.82) is 0 Å². The van der Waals surface area contributed by atoms with Crippen molar-refractivity contribution in [2.75, 3.05) is 13.1 Å². The summed E-state index contributed by atoms with van der Waals surface area (Å²) in [6.07, 6.45) is 19.1. The van der Waals surface area contributed by atoms with E-state index in [0.29, 0.717) is 12.0 Å². The van der Waals surface area contributed by atoms with Crippen molar-refractivity contribution in [3.8, 4) is 0 Å². The summed E-state index contributed by atoms with van der Waals surface area (Å²) >= 11 is 0. The fourth-order valence-corrected chi connectivity index (χ4v) is 7.28. The highest BCUT2D eigenvalue weighted by Gasteiger charge is 2.47. The first-order valence-corrected chi connectivity index (χ1v) is 13.5. The van der Waals surface area contributed by atoms with E-state index < -0.39 is 0 Å². The number of aliphatic hydroxyl groups excluding tert-OH is 1. The number of likely N-dealkylation sites (tertiary alicyclic amines) is 1. The molecule has 3 nitrogen and oxygen atoms in total. The van der Waals surface area contributed by atoms with Gasteiger partial charge in [0.2, 0.25) is 0 Å². The van der Waals surface area contributed by atoms with Gasteiger partial charge in [0, 0.05) is 18.0 Å². The SMILES string of the molecule is C[C@H]1CN(C2CCC(C)(C(O)CCCC3=CC=C(C=O)CC3)C2)CC[C@@]12C=Cc1ccccc12. The minimum Gasteiger partial charge on any atom is -0.393 e. The third-order valence-corrected chi connectivity index (χ3v) is 9.69. The highest BCUT2D eigenvalue weighted by Crippen LogP contribution is 2.50.